The van der Waals surface area contributed by atoms with Gasteiger partial charge in [0.2, 0.25) is 0 Å². The predicted octanol–water partition coefficient (Wildman–Crippen LogP) is 3.67. The Morgan fingerprint density at radius 2 is 1.81 bits per heavy atom. The molecule has 134 valence electrons. The lowest BCUT2D eigenvalue weighted by Gasteiger charge is -2.32. The normalized spacial score (nSPS) is 15.4. The number of benzene rings is 1. The second-order valence-electron chi connectivity index (χ2n) is 7.17. The average molecular weight is 348 g/mol. The highest BCUT2D eigenvalue weighted by atomic mass is 16.2. The number of rotatable bonds is 3. The minimum Gasteiger partial charge on any atom is -0.382 e. The highest BCUT2D eigenvalue weighted by molar-refractivity contribution is 5.93. The van der Waals surface area contributed by atoms with Crippen LogP contribution in [0.15, 0.2) is 48.8 Å². The summed E-state index contributed by atoms with van der Waals surface area (Å²) in [5.41, 5.74) is 4.91. The largest absolute Gasteiger partial charge is 0.382 e. The van der Waals surface area contributed by atoms with E-state index in [9.17, 15) is 4.79 Å². The average Bonchev–Trinajstić information content (AvgIpc) is 3.07. The van der Waals surface area contributed by atoms with E-state index in [1.165, 1.54) is 5.56 Å². The highest BCUT2D eigenvalue weighted by Crippen LogP contribution is 2.19. The van der Waals surface area contributed by atoms with Crippen molar-refractivity contribution < 1.29 is 4.79 Å². The van der Waals surface area contributed by atoms with Gasteiger partial charge in [-0.1, -0.05) is 17.7 Å². The molecule has 1 aliphatic rings. The van der Waals surface area contributed by atoms with Crippen LogP contribution < -0.4 is 5.32 Å². The monoisotopic (exact) mass is 348 g/mol. The molecule has 1 amide bonds. The minimum absolute atomic E-state index is 0.0279. The number of nitrogens with zero attached hydrogens (tertiary/aromatic N) is 3. The fourth-order valence-electron chi connectivity index (χ4n) is 3.46. The van der Waals surface area contributed by atoms with Crippen LogP contribution in [-0.4, -0.2) is 39.3 Å². The lowest BCUT2D eigenvalue weighted by molar-refractivity contribution is 0.0713. The van der Waals surface area contributed by atoms with E-state index in [1.807, 2.05) is 40.8 Å². The Bertz CT molecular complexity index is 921. The topological polar surface area (TPSA) is 49.6 Å². The number of aromatic nitrogens is 2. The Balaban J connectivity index is 1.38. The summed E-state index contributed by atoms with van der Waals surface area (Å²) in [5, 5.41) is 3.58. The van der Waals surface area contributed by atoms with E-state index in [1.54, 1.807) is 0 Å². The molecule has 3 heterocycles. The summed E-state index contributed by atoms with van der Waals surface area (Å²) in [4.78, 5) is 19.2. The molecule has 1 aliphatic heterocycles. The summed E-state index contributed by atoms with van der Waals surface area (Å²) >= 11 is 0. The van der Waals surface area contributed by atoms with E-state index in [-0.39, 0.29) is 5.91 Å². The lowest BCUT2D eigenvalue weighted by Crippen LogP contribution is -2.42. The molecule has 1 N–H and O–H groups in total. The van der Waals surface area contributed by atoms with Crippen LogP contribution in [0.25, 0.3) is 5.65 Å². The molecule has 0 saturated carbocycles. The first kappa shape index (κ1) is 16.6. The van der Waals surface area contributed by atoms with Crippen LogP contribution in [0.4, 0.5) is 5.69 Å². The van der Waals surface area contributed by atoms with Gasteiger partial charge in [0, 0.05) is 37.2 Å². The van der Waals surface area contributed by atoms with Gasteiger partial charge >= 0.3 is 0 Å². The maximum Gasteiger partial charge on any atom is 0.274 e. The van der Waals surface area contributed by atoms with Gasteiger partial charge in [0.25, 0.3) is 5.91 Å². The van der Waals surface area contributed by atoms with Crippen molar-refractivity contribution in [2.45, 2.75) is 32.7 Å². The zero-order valence-electron chi connectivity index (χ0n) is 15.3. The number of likely N-dealkylation sites (tertiary alicyclic amines) is 1. The molecule has 1 fully saturated rings. The first-order valence-corrected chi connectivity index (χ1v) is 9.16. The summed E-state index contributed by atoms with van der Waals surface area (Å²) in [5.74, 6) is 0.0279. The van der Waals surface area contributed by atoms with Gasteiger partial charge in [-0.15, -0.1) is 0 Å². The van der Waals surface area contributed by atoms with Crippen molar-refractivity contribution in [3.8, 4) is 0 Å². The second kappa shape index (κ2) is 6.83. The van der Waals surface area contributed by atoms with Crippen molar-refractivity contribution in [2.75, 3.05) is 18.4 Å². The van der Waals surface area contributed by atoms with Gasteiger partial charge in [-0.3, -0.25) is 4.79 Å². The third-order valence-corrected chi connectivity index (χ3v) is 5.04. The third kappa shape index (κ3) is 3.43. The third-order valence-electron chi connectivity index (χ3n) is 5.04. The van der Waals surface area contributed by atoms with Gasteiger partial charge in [-0.05, 0) is 56.5 Å². The van der Waals surface area contributed by atoms with Gasteiger partial charge in [-0.25, -0.2) is 4.98 Å². The molecule has 2 aromatic heterocycles. The second-order valence-corrected chi connectivity index (χ2v) is 7.17. The fourth-order valence-corrected chi connectivity index (χ4v) is 3.46. The molecular formula is C21H24N4O. The lowest BCUT2D eigenvalue weighted by atomic mass is 10.0. The zero-order chi connectivity index (χ0) is 18.1. The fraction of sp³-hybridized carbons (Fsp3) is 0.333. The van der Waals surface area contributed by atoms with Crippen LogP contribution in [-0.2, 0) is 0 Å². The molecule has 3 aromatic rings. The van der Waals surface area contributed by atoms with E-state index in [4.69, 9.17) is 0 Å². The number of nitrogens with one attached hydrogen (secondary N) is 1. The van der Waals surface area contributed by atoms with Gasteiger partial charge in [-0.2, -0.15) is 0 Å². The zero-order valence-corrected chi connectivity index (χ0v) is 15.3. The summed E-state index contributed by atoms with van der Waals surface area (Å²) in [6.45, 7) is 5.64. The van der Waals surface area contributed by atoms with Crippen LogP contribution in [0.1, 0.15) is 34.5 Å². The SMILES string of the molecule is Cc1ccc(NC2CCN(C(=O)c3cn4ccc(C)cc4n3)CC2)cc1. The van der Waals surface area contributed by atoms with Gasteiger partial charge < -0.3 is 14.6 Å². The summed E-state index contributed by atoms with van der Waals surface area (Å²) in [7, 11) is 0. The van der Waals surface area contributed by atoms with Crippen LogP contribution >= 0.6 is 0 Å². The maximum absolute atomic E-state index is 12.8. The van der Waals surface area contributed by atoms with Gasteiger partial charge in [0.05, 0.1) is 0 Å². The Morgan fingerprint density at radius 1 is 1.08 bits per heavy atom. The summed E-state index contributed by atoms with van der Waals surface area (Å²) < 4.78 is 1.91. The van der Waals surface area contributed by atoms with E-state index in [0.717, 1.165) is 42.8 Å². The predicted molar refractivity (Wildman–Crippen MR) is 104 cm³/mol. The van der Waals surface area contributed by atoms with Crippen LogP contribution in [0.5, 0.6) is 0 Å². The molecule has 26 heavy (non-hydrogen) atoms. The molecule has 5 heteroatoms. The summed E-state index contributed by atoms with van der Waals surface area (Å²) in [6, 6.07) is 12.9. The van der Waals surface area contributed by atoms with Crippen LogP contribution in [0, 0.1) is 13.8 Å². The number of aryl methyl sites for hydroxylation is 2. The van der Waals surface area contributed by atoms with Crippen molar-refractivity contribution >= 4 is 17.2 Å². The molecule has 0 atom stereocenters. The molecule has 0 bridgehead atoms. The minimum atomic E-state index is 0.0279. The van der Waals surface area contributed by atoms with Crippen molar-refractivity contribution in [3.63, 3.8) is 0 Å². The number of anilines is 1. The van der Waals surface area contributed by atoms with Gasteiger partial charge in [0.1, 0.15) is 11.3 Å². The molecule has 4 rings (SSSR count). The Kier molecular flexibility index (Phi) is 4.37. The first-order chi connectivity index (χ1) is 12.6. The molecule has 1 aromatic carbocycles. The Morgan fingerprint density at radius 3 is 2.54 bits per heavy atom. The van der Waals surface area contributed by atoms with Crippen molar-refractivity contribution in [3.05, 3.63) is 65.6 Å². The number of hydrogen-bond donors (Lipinski definition) is 1. The number of carbonyl (C=O) groups excluding carboxylic acids is 1. The van der Waals surface area contributed by atoms with E-state index < -0.39 is 0 Å². The molecule has 1 saturated heterocycles. The molecule has 0 radical (unpaired) electrons. The summed E-state index contributed by atoms with van der Waals surface area (Å²) in [6.07, 6.45) is 5.68. The van der Waals surface area contributed by atoms with Crippen LogP contribution in [0.2, 0.25) is 0 Å². The van der Waals surface area contributed by atoms with Crippen LogP contribution in [0.3, 0.4) is 0 Å². The number of hydrogen-bond acceptors (Lipinski definition) is 3. The molecule has 5 nitrogen and oxygen atoms in total. The Hall–Kier alpha value is -2.82. The van der Waals surface area contributed by atoms with Crippen molar-refractivity contribution in [1.82, 2.24) is 14.3 Å². The number of pyridine rings is 1. The van der Waals surface area contributed by atoms with E-state index >= 15 is 0 Å². The molecule has 0 unspecified atom stereocenters. The Labute approximate surface area is 153 Å². The standard InChI is InChI=1S/C21H24N4O/c1-15-3-5-17(6-4-15)22-18-8-11-24(12-9-18)21(26)19-14-25-10-7-16(2)13-20(25)23-19/h3-7,10,13-14,18,22H,8-9,11-12H2,1-2H3. The maximum atomic E-state index is 12.8. The quantitative estimate of drug-likeness (QED) is 0.786. The highest BCUT2D eigenvalue weighted by Gasteiger charge is 2.25. The smallest absolute Gasteiger partial charge is 0.274 e. The van der Waals surface area contributed by atoms with E-state index in [2.05, 4.69) is 41.5 Å². The number of piperidine rings is 1. The number of imidazole rings is 1. The first-order valence-electron chi connectivity index (χ1n) is 9.16. The van der Waals surface area contributed by atoms with E-state index in [0.29, 0.717) is 11.7 Å². The molecule has 0 aliphatic carbocycles. The molecular weight excluding hydrogens is 324 g/mol. The number of fused-ring (bicyclic) bond motifs is 1. The van der Waals surface area contributed by atoms with Crippen molar-refractivity contribution in [1.29, 1.82) is 0 Å². The number of carbonyl (C=O) groups is 1. The van der Waals surface area contributed by atoms with Crippen molar-refractivity contribution in [2.24, 2.45) is 0 Å². The number of amides is 1. The van der Waals surface area contributed by atoms with Gasteiger partial charge in [0.15, 0.2) is 0 Å². The molecule has 0 spiro atoms.